The van der Waals surface area contributed by atoms with Gasteiger partial charge in [-0.25, -0.2) is 4.68 Å². The highest BCUT2D eigenvalue weighted by Gasteiger charge is 2.06. The molecule has 1 aromatic carbocycles. The molecule has 0 atom stereocenters. The monoisotopic (exact) mass is 261 g/mol. The molecule has 0 saturated carbocycles. The lowest BCUT2D eigenvalue weighted by molar-refractivity contribution is 0.846. The van der Waals surface area contributed by atoms with E-state index >= 15 is 0 Å². The summed E-state index contributed by atoms with van der Waals surface area (Å²) in [4.78, 5) is 0. The quantitative estimate of drug-likeness (QED) is 0.792. The third-order valence-electron chi connectivity index (χ3n) is 2.18. The topological polar surface area (TPSA) is 41.6 Å². The molecule has 0 saturated heterocycles. The largest absolute Gasteiger partial charge is 0.237 e. The highest BCUT2D eigenvalue weighted by Crippen LogP contribution is 2.17. The van der Waals surface area contributed by atoms with Crippen LogP contribution in [0.2, 0.25) is 0 Å². The summed E-state index contributed by atoms with van der Waals surface area (Å²) >= 11 is 3.40. The molecule has 4 heteroatoms. The van der Waals surface area contributed by atoms with Crippen LogP contribution in [0.4, 0.5) is 0 Å². The molecule has 0 bridgehead atoms. The molecule has 1 heterocycles. The fourth-order valence-electron chi connectivity index (χ4n) is 1.39. The van der Waals surface area contributed by atoms with Crippen LogP contribution in [0, 0.1) is 18.3 Å². The molecular weight excluding hydrogens is 254 g/mol. The van der Waals surface area contributed by atoms with Crippen molar-refractivity contribution in [3.63, 3.8) is 0 Å². The average Bonchev–Trinajstić information content (AvgIpc) is 2.59. The molecule has 1 aromatic heterocycles. The molecular formula is C11H8BrN3. The van der Waals surface area contributed by atoms with Crippen LogP contribution in [0.5, 0.6) is 0 Å². The van der Waals surface area contributed by atoms with Crippen molar-refractivity contribution in [2.24, 2.45) is 0 Å². The Balaban J connectivity index is 2.56. The van der Waals surface area contributed by atoms with Crippen LogP contribution in [0.3, 0.4) is 0 Å². The third-order valence-corrected chi connectivity index (χ3v) is 2.68. The predicted molar refractivity (Wildman–Crippen MR) is 60.7 cm³/mol. The van der Waals surface area contributed by atoms with Gasteiger partial charge in [0.15, 0.2) is 0 Å². The Bertz CT molecular complexity index is 537. The van der Waals surface area contributed by atoms with Crippen molar-refractivity contribution in [1.29, 1.82) is 5.26 Å². The first-order chi connectivity index (χ1) is 7.22. The van der Waals surface area contributed by atoms with Gasteiger partial charge in [0.1, 0.15) is 6.07 Å². The summed E-state index contributed by atoms with van der Waals surface area (Å²) in [5.41, 5.74) is 2.41. The van der Waals surface area contributed by atoms with Crippen LogP contribution < -0.4 is 0 Å². The second-order valence-electron chi connectivity index (χ2n) is 3.15. The maximum atomic E-state index is 8.82. The maximum absolute atomic E-state index is 8.82. The van der Waals surface area contributed by atoms with Gasteiger partial charge in [-0.3, -0.25) is 0 Å². The first-order valence-electron chi connectivity index (χ1n) is 4.43. The number of rotatable bonds is 1. The van der Waals surface area contributed by atoms with E-state index in [1.54, 1.807) is 10.9 Å². The molecule has 74 valence electrons. The lowest BCUT2D eigenvalue weighted by Gasteiger charge is -2.04. The molecule has 0 unspecified atom stereocenters. The van der Waals surface area contributed by atoms with Crippen molar-refractivity contribution < 1.29 is 0 Å². The van der Waals surface area contributed by atoms with Gasteiger partial charge in [-0.2, -0.15) is 10.4 Å². The summed E-state index contributed by atoms with van der Waals surface area (Å²) in [6.07, 6.45) is 1.58. The maximum Gasteiger partial charge on any atom is 0.103 e. The summed E-state index contributed by atoms with van der Waals surface area (Å²) in [5, 5.41) is 13.0. The van der Waals surface area contributed by atoms with E-state index in [9.17, 15) is 0 Å². The summed E-state index contributed by atoms with van der Waals surface area (Å²) in [6, 6.07) is 9.90. The van der Waals surface area contributed by atoms with Crippen LogP contribution in [0.25, 0.3) is 5.69 Å². The second kappa shape index (κ2) is 3.87. The number of hydrogen-bond donors (Lipinski definition) is 0. The Morgan fingerprint density at radius 3 is 2.87 bits per heavy atom. The fraction of sp³-hybridized carbons (Fsp3) is 0.0909. The minimum absolute atomic E-state index is 0.606. The molecule has 0 fully saturated rings. The van der Waals surface area contributed by atoms with E-state index < -0.39 is 0 Å². The number of nitriles is 1. The van der Waals surface area contributed by atoms with E-state index in [1.807, 2.05) is 31.2 Å². The SMILES string of the molecule is Cc1c(C#N)cnn1-c1cccc(Br)c1. The van der Waals surface area contributed by atoms with Gasteiger partial charge in [0.05, 0.1) is 23.1 Å². The highest BCUT2D eigenvalue weighted by molar-refractivity contribution is 9.10. The highest BCUT2D eigenvalue weighted by atomic mass is 79.9. The molecule has 2 rings (SSSR count). The van der Waals surface area contributed by atoms with E-state index in [-0.39, 0.29) is 0 Å². The number of halogens is 1. The number of hydrogen-bond acceptors (Lipinski definition) is 2. The van der Waals surface area contributed by atoms with Gasteiger partial charge in [0.2, 0.25) is 0 Å². The Morgan fingerprint density at radius 1 is 1.47 bits per heavy atom. The molecule has 3 nitrogen and oxygen atoms in total. The zero-order valence-electron chi connectivity index (χ0n) is 8.11. The van der Waals surface area contributed by atoms with Gasteiger partial charge < -0.3 is 0 Å². The number of aromatic nitrogens is 2. The smallest absolute Gasteiger partial charge is 0.103 e. The van der Waals surface area contributed by atoms with Crippen LogP contribution in [0.15, 0.2) is 34.9 Å². The van der Waals surface area contributed by atoms with Gasteiger partial charge in [-0.15, -0.1) is 0 Å². The van der Waals surface area contributed by atoms with Gasteiger partial charge in [-0.05, 0) is 25.1 Å². The van der Waals surface area contributed by atoms with Crippen molar-refractivity contribution in [3.8, 4) is 11.8 Å². The van der Waals surface area contributed by atoms with Crippen LogP contribution in [0.1, 0.15) is 11.3 Å². The van der Waals surface area contributed by atoms with Gasteiger partial charge in [-0.1, -0.05) is 22.0 Å². The van der Waals surface area contributed by atoms with Gasteiger partial charge >= 0.3 is 0 Å². The molecule has 2 aromatic rings. The third kappa shape index (κ3) is 1.79. The normalized spacial score (nSPS) is 9.93. The lowest BCUT2D eigenvalue weighted by Crippen LogP contribution is -1.98. The molecule has 0 amide bonds. The van der Waals surface area contributed by atoms with Crippen molar-refractivity contribution in [3.05, 3.63) is 46.2 Å². The van der Waals surface area contributed by atoms with Crippen molar-refractivity contribution in [1.82, 2.24) is 9.78 Å². The molecule has 0 radical (unpaired) electrons. The van der Waals surface area contributed by atoms with E-state index in [1.165, 1.54) is 0 Å². The van der Waals surface area contributed by atoms with Gasteiger partial charge in [0, 0.05) is 4.47 Å². The van der Waals surface area contributed by atoms with E-state index in [0.717, 1.165) is 15.9 Å². The zero-order valence-corrected chi connectivity index (χ0v) is 9.69. The minimum Gasteiger partial charge on any atom is -0.237 e. The zero-order chi connectivity index (χ0) is 10.8. The molecule has 0 aliphatic rings. The molecule has 15 heavy (non-hydrogen) atoms. The van der Waals surface area contributed by atoms with E-state index in [0.29, 0.717) is 5.56 Å². The first-order valence-corrected chi connectivity index (χ1v) is 5.22. The lowest BCUT2D eigenvalue weighted by atomic mass is 10.2. The average molecular weight is 262 g/mol. The Labute approximate surface area is 96.1 Å². The standard InChI is InChI=1S/C11H8BrN3/c1-8-9(6-13)7-14-15(8)11-4-2-3-10(12)5-11/h2-5,7H,1H3. The fourth-order valence-corrected chi connectivity index (χ4v) is 1.77. The summed E-state index contributed by atoms with van der Waals surface area (Å²) in [5.74, 6) is 0. The summed E-state index contributed by atoms with van der Waals surface area (Å²) in [7, 11) is 0. The van der Waals surface area contributed by atoms with E-state index in [4.69, 9.17) is 5.26 Å². The molecule has 0 aliphatic heterocycles. The van der Waals surface area contributed by atoms with Crippen LogP contribution >= 0.6 is 15.9 Å². The molecule has 0 N–H and O–H groups in total. The van der Waals surface area contributed by atoms with Crippen LogP contribution in [-0.2, 0) is 0 Å². The Hall–Kier alpha value is -1.60. The van der Waals surface area contributed by atoms with E-state index in [2.05, 4.69) is 27.1 Å². The number of nitrogens with zero attached hydrogens (tertiary/aromatic N) is 3. The van der Waals surface area contributed by atoms with Gasteiger partial charge in [0.25, 0.3) is 0 Å². The Kier molecular flexibility index (Phi) is 2.57. The summed E-state index contributed by atoms with van der Waals surface area (Å²) in [6.45, 7) is 1.88. The molecule has 0 spiro atoms. The first kappa shape index (κ1) is 9.94. The number of benzene rings is 1. The van der Waals surface area contributed by atoms with Crippen molar-refractivity contribution in [2.75, 3.05) is 0 Å². The summed E-state index contributed by atoms with van der Waals surface area (Å²) < 4.78 is 2.75. The predicted octanol–water partition coefficient (Wildman–Crippen LogP) is 2.81. The van der Waals surface area contributed by atoms with Crippen molar-refractivity contribution >= 4 is 15.9 Å². The minimum atomic E-state index is 0.606. The second-order valence-corrected chi connectivity index (χ2v) is 4.06. The van der Waals surface area contributed by atoms with Crippen LogP contribution in [-0.4, -0.2) is 9.78 Å². The Morgan fingerprint density at radius 2 is 2.27 bits per heavy atom. The molecule has 0 aliphatic carbocycles. The van der Waals surface area contributed by atoms with Crippen molar-refractivity contribution in [2.45, 2.75) is 6.92 Å².